The largest absolute Gasteiger partial charge is 0.378 e. The van der Waals surface area contributed by atoms with Crippen molar-refractivity contribution in [2.75, 3.05) is 61.1 Å². The van der Waals surface area contributed by atoms with Gasteiger partial charge in [0.25, 0.3) is 0 Å². The van der Waals surface area contributed by atoms with Crippen molar-refractivity contribution in [2.45, 2.75) is 12.5 Å². The number of ether oxygens (including phenoxy) is 1. The highest BCUT2D eigenvalue weighted by Gasteiger charge is 2.28. The number of anilines is 3. The van der Waals surface area contributed by atoms with Gasteiger partial charge in [0.2, 0.25) is 5.95 Å². The predicted molar refractivity (Wildman–Crippen MR) is 103 cm³/mol. The van der Waals surface area contributed by atoms with Gasteiger partial charge >= 0.3 is 0 Å². The molecule has 0 aromatic carbocycles. The minimum atomic E-state index is 0.389. The number of morpholine rings is 1. The summed E-state index contributed by atoms with van der Waals surface area (Å²) in [6, 6.07) is 6.24. The normalized spacial score (nSPS) is 20.5. The van der Waals surface area contributed by atoms with E-state index >= 15 is 0 Å². The van der Waals surface area contributed by atoms with E-state index in [4.69, 9.17) is 21.3 Å². The molecule has 0 spiro atoms. The number of hydrogen-bond acceptors (Lipinski definition) is 7. The maximum atomic E-state index is 5.94. The molecule has 2 aliphatic rings. The molecule has 2 saturated heterocycles. The van der Waals surface area contributed by atoms with Crippen LogP contribution in [0.3, 0.4) is 0 Å². The molecule has 4 rings (SSSR count). The third kappa shape index (κ3) is 3.68. The van der Waals surface area contributed by atoms with Crippen molar-refractivity contribution < 1.29 is 4.74 Å². The molecule has 8 heteroatoms. The molecule has 26 heavy (non-hydrogen) atoms. The molecule has 0 aliphatic carbocycles. The van der Waals surface area contributed by atoms with Crippen LogP contribution in [0.15, 0.2) is 30.6 Å². The molecule has 138 valence electrons. The van der Waals surface area contributed by atoms with E-state index in [1.165, 1.54) is 0 Å². The summed E-state index contributed by atoms with van der Waals surface area (Å²) in [5, 5.41) is 0.665. The van der Waals surface area contributed by atoms with Crippen molar-refractivity contribution in [1.29, 1.82) is 0 Å². The summed E-state index contributed by atoms with van der Waals surface area (Å²) in [6.45, 7) is 5.04. The molecule has 1 unspecified atom stereocenters. The van der Waals surface area contributed by atoms with Crippen LogP contribution in [-0.4, -0.2) is 67.4 Å². The van der Waals surface area contributed by atoms with Crippen molar-refractivity contribution in [3.63, 3.8) is 0 Å². The van der Waals surface area contributed by atoms with Crippen molar-refractivity contribution in [1.82, 2.24) is 15.0 Å². The lowest BCUT2D eigenvalue weighted by molar-refractivity contribution is 0.122. The Labute approximate surface area is 158 Å². The molecule has 0 bridgehead atoms. The lowest BCUT2D eigenvalue weighted by Crippen LogP contribution is -2.38. The maximum absolute atomic E-state index is 5.94. The van der Waals surface area contributed by atoms with Crippen molar-refractivity contribution in [3.05, 3.63) is 35.6 Å². The maximum Gasteiger partial charge on any atom is 0.227 e. The van der Waals surface area contributed by atoms with Crippen LogP contribution in [0.1, 0.15) is 6.42 Å². The molecule has 2 aliphatic heterocycles. The zero-order valence-corrected chi connectivity index (χ0v) is 15.6. The smallest absolute Gasteiger partial charge is 0.227 e. The number of halogens is 1. The Morgan fingerprint density at radius 1 is 1.12 bits per heavy atom. The van der Waals surface area contributed by atoms with Crippen molar-refractivity contribution in [3.8, 4) is 0 Å². The topological polar surface area (TPSA) is 57.6 Å². The number of pyridine rings is 1. The second-order valence-electron chi connectivity index (χ2n) is 6.65. The van der Waals surface area contributed by atoms with Crippen LogP contribution >= 0.6 is 11.6 Å². The fourth-order valence-electron chi connectivity index (χ4n) is 3.46. The van der Waals surface area contributed by atoms with Crippen LogP contribution < -0.4 is 14.7 Å². The summed E-state index contributed by atoms with van der Waals surface area (Å²) >= 11 is 5.94. The molecular weight excluding hydrogens is 352 g/mol. The highest BCUT2D eigenvalue weighted by molar-refractivity contribution is 6.30. The van der Waals surface area contributed by atoms with Gasteiger partial charge in [-0.1, -0.05) is 11.6 Å². The summed E-state index contributed by atoms with van der Waals surface area (Å²) in [4.78, 5) is 20.4. The first-order chi connectivity index (χ1) is 12.7. The highest BCUT2D eigenvalue weighted by Crippen LogP contribution is 2.25. The van der Waals surface area contributed by atoms with E-state index in [-0.39, 0.29) is 0 Å². The minimum Gasteiger partial charge on any atom is -0.378 e. The molecular formula is C18H23ClN6O. The van der Waals surface area contributed by atoms with Crippen molar-refractivity contribution in [2.24, 2.45) is 0 Å². The zero-order valence-electron chi connectivity index (χ0n) is 14.9. The molecule has 0 N–H and O–H groups in total. The third-order valence-electron chi connectivity index (χ3n) is 5.03. The van der Waals surface area contributed by atoms with Gasteiger partial charge in [-0.25, -0.2) is 9.97 Å². The Morgan fingerprint density at radius 3 is 2.73 bits per heavy atom. The Hall–Kier alpha value is -2.12. The minimum absolute atomic E-state index is 0.389. The Kier molecular flexibility index (Phi) is 5.08. The predicted octanol–water partition coefficient (Wildman–Crippen LogP) is 2.08. The van der Waals surface area contributed by atoms with Crippen LogP contribution in [0, 0.1) is 0 Å². The van der Waals surface area contributed by atoms with Gasteiger partial charge in [0, 0.05) is 51.7 Å². The summed E-state index contributed by atoms with van der Waals surface area (Å²) in [5.74, 6) is 2.71. The molecule has 2 aromatic rings. The van der Waals surface area contributed by atoms with Gasteiger partial charge < -0.3 is 19.4 Å². The number of aromatic nitrogens is 3. The van der Waals surface area contributed by atoms with Crippen LogP contribution in [0.2, 0.25) is 5.02 Å². The lowest BCUT2D eigenvalue weighted by atomic mass is 10.2. The van der Waals surface area contributed by atoms with Gasteiger partial charge in [-0.05, 0) is 24.6 Å². The van der Waals surface area contributed by atoms with Gasteiger partial charge in [-0.3, -0.25) is 0 Å². The summed E-state index contributed by atoms with van der Waals surface area (Å²) < 4.78 is 5.41. The fraction of sp³-hybridized carbons (Fsp3) is 0.500. The standard InChI is InChI=1S/C18H23ClN6O/c1-23(15-5-7-25(13-15)16-3-2-14(19)12-21-16)17-4-6-20-18(22-17)24-8-10-26-11-9-24/h2-4,6,12,15H,5,7-11,13H2,1H3. The van der Waals surface area contributed by atoms with Gasteiger partial charge in [0.1, 0.15) is 11.6 Å². The average Bonchev–Trinajstić information content (AvgIpc) is 3.19. The van der Waals surface area contributed by atoms with E-state index in [2.05, 4.69) is 31.7 Å². The van der Waals surface area contributed by atoms with Crippen LogP contribution in [0.5, 0.6) is 0 Å². The van der Waals surface area contributed by atoms with E-state index in [9.17, 15) is 0 Å². The van der Waals surface area contributed by atoms with E-state index in [1.807, 2.05) is 24.4 Å². The Morgan fingerprint density at radius 2 is 1.96 bits per heavy atom. The van der Waals surface area contributed by atoms with E-state index in [0.29, 0.717) is 11.1 Å². The quantitative estimate of drug-likeness (QED) is 0.812. The second kappa shape index (κ2) is 7.63. The Balaban J connectivity index is 1.44. The number of likely N-dealkylation sites (N-methyl/N-ethyl adjacent to an activating group) is 1. The lowest BCUT2D eigenvalue weighted by Gasteiger charge is -2.29. The summed E-state index contributed by atoms with van der Waals surface area (Å²) in [5.41, 5.74) is 0. The molecule has 0 radical (unpaired) electrons. The molecule has 1 atom stereocenters. The molecule has 0 saturated carbocycles. The average molecular weight is 375 g/mol. The molecule has 2 aromatic heterocycles. The van der Waals surface area contributed by atoms with Crippen LogP contribution in [0.25, 0.3) is 0 Å². The Bertz CT molecular complexity index is 737. The van der Waals surface area contributed by atoms with E-state index in [0.717, 1.165) is 63.4 Å². The fourth-order valence-corrected chi connectivity index (χ4v) is 3.57. The molecule has 0 amide bonds. The third-order valence-corrected chi connectivity index (χ3v) is 5.25. The van der Waals surface area contributed by atoms with Crippen molar-refractivity contribution >= 4 is 29.2 Å². The zero-order chi connectivity index (χ0) is 17.9. The molecule has 7 nitrogen and oxygen atoms in total. The van der Waals surface area contributed by atoms with E-state index in [1.54, 1.807) is 6.20 Å². The van der Waals surface area contributed by atoms with Gasteiger partial charge in [-0.2, -0.15) is 4.98 Å². The first-order valence-electron chi connectivity index (χ1n) is 8.96. The van der Waals surface area contributed by atoms with Gasteiger partial charge in [-0.15, -0.1) is 0 Å². The molecule has 2 fully saturated rings. The number of hydrogen-bond donors (Lipinski definition) is 0. The van der Waals surface area contributed by atoms with Crippen LogP contribution in [0.4, 0.5) is 17.6 Å². The molecule has 4 heterocycles. The van der Waals surface area contributed by atoms with Crippen LogP contribution in [-0.2, 0) is 4.74 Å². The summed E-state index contributed by atoms with van der Waals surface area (Å²) in [7, 11) is 2.11. The van der Waals surface area contributed by atoms with E-state index < -0.39 is 0 Å². The number of nitrogens with zero attached hydrogens (tertiary/aromatic N) is 6. The monoisotopic (exact) mass is 374 g/mol. The summed E-state index contributed by atoms with van der Waals surface area (Å²) in [6.07, 6.45) is 4.61. The first kappa shape index (κ1) is 17.3. The van der Waals surface area contributed by atoms with Gasteiger partial charge in [0.15, 0.2) is 0 Å². The second-order valence-corrected chi connectivity index (χ2v) is 7.08. The first-order valence-corrected chi connectivity index (χ1v) is 9.33. The SMILES string of the molecule is CN(c1ccnc(N2CCOCC2)n1)C1CCN(c2ccc(Cl)cn2)C1. The highest BCUT2D eigenvalue weighted by atomic mass is 35.5. The number of rotatable bonds is 4. The van der Waals surface area contributed by atoms with Gasteiger partial charge in [0.05, 0.1) is 18.2 Å².